The average Bonchev–Trinajstić information content (AvgIpc) is 2.84. The lowest BCUT2D eigenvalue weighted by molar-refractivity contribution is 0.326. The van der Waals surface area contributed by atoms with Crippen molar-refractivity contribution in [3.05, 3.63) is 53.3 Å². The molecular formula is C18H25N3. The largest absolute Gasteiger partial charge is 0.309 e. The van der Waals surface area contributed by atoms with Crippen molar-refractivity contribution in [1.82, 2.24) is 15.1 Å². The normalized spacial score (nSPS) is 22.4. The number of aromatic nitrogens is 2. The summed E-state index contributed by atoms with van der Waals surface area (Å²) in [6.07, 6.45) is 7.39. The van der Waals surface area contributed by atoms with E-state index in [-0.39, 0.29) is 0 Å². The minimum absolute atomic E-state index is 0.584. The molecule has 2 aromatic rings. The first-order valence-electron chi connectivity index (χ1n) is 8.01. The molecule has 0 aliphatic heterocycles. The summed E-state index contributed by atoms with van der Waals surface area (Å²) < 4.78 is 1.90. The van der Waals surface area contributed by atoms with Crippen molar-refractivity contribution >= 4 is 0 Å². The smallest absolute Gasteiger partial charge is 0.0638 e. The molecule has 1 N–H and O–H groups in total. The molecule has 0 radical (unpaired) electrons. The fourth-order valence-electron chi connectivity index (χ4n) is 3.54. The summed E-state index contributed by atoms with van der Waals surface area (Å²) in [5, 5.41) is 8.22. The molecule has 0 amide bonds. The summed E-state index contributed by atoms with van der Waals surface area (Å²) in [6, 6.07) is 11.6. The van der Waals surface area contributed by atoms with Crippen LogP contribution < -0.4 is 5.32 Å². The molecular weight excluding hydrogens is 258 g/mol. The number of nitrogens with zero attached hydrogens (tertiary/aromatic N) is 2. The second-order valence-electron chi connectivity index (χ2n) is 6.20. The maximum Gasteiger partial charge on any atom is 0.0638 e. The minimum Gasteiger partial charge on any atom is -0.309 e. The molecule has 1 aromatic carbocycles. The van der Waals surface area contributed by atoms with Gasteiger partial charge in [-0.1, -0.05) is 43.2 Å². The Labute approximate surface area is 127 Å². The lowest BCUT2D eigenvalue weighted by Crippen LogP contribution is -2.36. The lowest BCUT2D eigenvalue weighted by Gasteiger charge is -2.32. The molecule has 112 valence electrons. The molecule has 0 saturated heterocycles. The van der Waals surface area contributed by atoms with E-state index in [1.165, 1.54) is 36.8 Å². The zero-order valence-corrected chi connectivity index (χ0v) is 13.0. The Bertz CT molecular complexity index is 573. The van der Waals surface area contributed by atoms with E-state index in [1.807, 2.05) is 11.7 Å². The van der Waals surface area contributed by atoms with E-state index in [4.69, 9.17) is 0 Å². The van der Waals surface area contributed by atoms with Crippen molar-refractivity contribution in [2.45, 2.75) is 51.1 Å². The molecule has 1 saturated carbocycles. The molecule has 1 aliphatic rings. The van der Waals surface area contributed by atoms with Crippen molar-refractivity contribution in [1.29, 1.82) is 0 Å². The van der Waals surface area contributed by atoms with E-state index >= 15 is 0 Å². The summed E-state index contributed by atoms with van der Waals surface area (Å²) in [6.45, 7) is 3.01. The number of nitrogens with one attached hydrogen (secondary N) is 1. The fourth-order valence-corrected chi connectivity index (χ4v) is 3.54. The Morgan fingerprint density at radius 2 is 1.95 bits per heavy atom. The van der Waals surface area contributed by atoms with Crippen LogP contribution in [0.4, 0.5) is 0 Å². The van der Waals surface area contributed by atoms with Gasteiger partial charge >= 0.3 is 0 Å². The highest BCUT2D eigenvalue weighted by atomic mass is 15.2. The van der Waals surface area contributed by atoms with Gasteiger partial charge < -0.3 is 5.32 Å². The van der Waals surface area contributed by atoms with E-state index in [2.05, 4.69) is 53.9 Å². The molecule has 3 heteroatoms. The number of benzene rings is 1. The van der Waals surface area contributed by atoms with Crippen LogP contribution in [-0.2, 0) is 13.6 Å². The van der Waals surface area contributed by atoms with Crippen LogP contribution in [0.2, 0.25) is 0 Å². The van der Waals surface area contributed by atoms with Gasteiger partial charge in [0.15, 0.2) is 0 Å². The summed E-state index contributed by atoms with van der Waals surface area (Å²) in [4.78, 5) is 0. The highest BCUT2D eigenvalue weighted by molar-refractivity contribution is 5.22. The van der Waals surface area contributed by atoms with Crippen molar-refractivity contribution in [3.8, 4) is 0 Å². The van der Waals surface area contributed by atoms with Gasteiger partial charge in [0, 0.05) is 31.4 Å². The van der Waals surface area contributed by atoms with Gasteiger partial charge in [0.05, 0.1) is 5.69 Å². The molecule has 0 bridgehead atoms. The predicted molar refractivity (Wildman–Crippen MR) is 86.2 cm³/mol. The van der Waals surface area contributed by atoms with Crippen LogP contribution >= 0.6 is 0 Å². The Balaban J connectivity index is 1.69. The molecule has 1 aromatic heterocycles. The Morgan fingerprint density at radius 1 is 1.19 bits per heavy atom. The number of hydrogen-bond donors (Lipinski definition) is 1. The predicted octanol–water partition coefficient (Wildman–Crippen LogP) is 3.54. The number of hydrogen-bond acceptors (Lipinski definition) is 2. The highest BCUT2D eigenvalue weighted by Gasteiger charge is 2.26. The maximum atomic E-state index is 4.43. The van der Waals surface area contributed by atoms with Crippen molar-refractivity contribution in [3.63, 3.8) is 0 Å². The summed E-state index contributed by atoms with van der Waals surface area (Å²) >= 11 is 0. The standard InChI is InChI=1S/C18H25N3/c1-14-16(13-21(2)20-14)12-19-18-11-7-6-10-17(18)15-8-4-3-5-9-15/h3-5,8-9,13,17-19H,6-7,10-12H2,1-2H3. The third-order valence-corrected chi connectivity index (χ3v) is 4.66. The Kier molecular flexibility index (Phi) is 4.39. The van der Waals surface area contributed by atoms with Crippen molar-refractivity contribution in [2.75, 3.05) is 0 Å². The molecule has 1 heterocycles. The van der Waals surface area contributed by atoms with Gasteiger partial charge in [0.1, 0.15) is 0 Å². The highest BCUT2D eigenvalue weighted by Crippen LogP contribution is 2.33. The van der Waals surface area contributed by atoms with Crippen LogP contribution in [-0.4, -0.2) is 15.8 Å². The van der Waals surface area contributed by atoms with Crippen LogP contribution in [0.3, 0.4) is 0 Å². The van der Waals surface area contributed by atoms with E-state index < -0.39 is 0 Å². The van der Waals surface area contributed by atoms with Gasteiger partial charge in [0.25, 0.3) is 0 Å². The quantitative estimate of drug-likeness (QED) is 0.930. The van der Waals surface area contributed by atoms with E-state index in [0.29, 0.717) is 12.0 Å². The van der Waals surface area contributed by atoms with Crippen LogP contribution in [0.15, 0.2) is 36.5 Å². The monoisotopic (exact) mass is 283 g/mol. The first-order valence-corrected chi connectivity index (χ1v) is 8.01. The molecule has 3 nitrogen and oxygen atoms in total. The molecule has 3 rings (SSSR count). The van der Waals surface area contributed by atoms with E-state index in [0.717, 1.165) is 12.2 Å². The van der Waals surface area contributed by atoms with Gasteiger partial charge in [-0.2, -0.15) is 5.10 Å². The minimum atomic E-state index is 0.584. The van der Waals surface area contributed by atoms with Crippen LogP contribution in [0, 0.1) is 6.92 Å². The SMILES string of the molecule is Cc1nn(C)cc1CNC1CCCCC1c1ccccc1. The summed E-state index contributed by atoms with van der Waals surface area (Å²) in [5.74, 6) is 0.650. The number of aryl methyl sites for hydroxylation is 2. The summed E-state index contributed by atoms with van der Waals surface area (Å²) in [7, 11) is 1.99. The zero-order chi connectivity index (χ0) is 14.7. The number of rotatable bonds is 4. The lowest BCUT2D eigenvalue weighted by atomic mass is 9.80. The van der Waals surface area contributed by atoms with Crippen molar-refractivity contribution < 1.29 is 0 Å². The zero-order valence-electron chi connectivity index (χ0n) is 13.0. The average molecular weight is 283 g/mol. The Hall–Kier alpha value is -1.61. The third-order valence-electron chi connectivity index (χ3n) is 4.66. The first kappa shape index (κ1) is 14.3. The van der Waals surface area contributed by atoms with Gasteiger partial charge in [0.2, 0.25) is 0 Å². The van der Waals surface area contributed by atoms with Gasteiger partial charge in [-0.25, -0.2) is 0 Å². The second-order valence-corrected chi connectivity index (χ2v) is 6.20. The molecule has 2 atom stereocenters. The van der Waals surface area contributed by atoms with Gasteiger partial charge in [-0.05, 0) is 31.2 Å². The fraction of sp³-hybridized carbons (Fsp3) is 0.500. The molecule has 2 unspecified atom stereocenters. The molecule has 0 spiro atoms. The first-order chi connectivity index (χ1) is 10.2. The second kappa shape index (κ2) is 6.44. The molecule has 1 aliphatic carbocycles. The Morgan fingerprint density at radius 3 is 2.67 bits per heavy atom. The van der Waals surface area contributed by atoms with E-state index in [1.54, 1.807) is 0 Å². The van der Waals surface area contributed by atoms with Gasteiger partial charge in [-0.3, -0.25) is 4.68 Å². The topological polar surface area (TPSA) is 29.9 Å². The van der Waals surface area contributed by atoms with Crippen LogP contribution in [0.1, 0.15) is 48.4 Å². The molecule has 21 heavy (non-hydrogen) atoms. The molecule has 1 fully saturated rings. The van der Waals surface area contributed by atoms with Crippen LogP contribution in [0.25, 0.3) is 0 Å². The summed E-state index contributed by atoms with van der Waals surface area (Å²) in [5.41, 5.74) is 3.93. The van der Waals surface area contributed by atoms with Gasteiger partial charge in [-0.15, -0.1) is 0 Å². The third kappa shape index (κ3) is 3.35. The van der Waals surface area contributed by atoms with Crippen LogP contribution in [0.5, 0.6) is 0 Å². The van der Waals surface area contributed by atoms with Crippen molar-refractivity contribution in [2.24, 2.45) is 7.05 Å². The van der Waals surface area contributed by atoms with E-state index in [9.17, 15) is 0 Å². The maximum absolute atomic E-state index is 4.43.